The highest BCUT2D eigenvalue weighted by Gasteiger charge is 2.02. The number of rotatable bonds is 7. The largest absolute Gasteiger partial charge is 0.484 e. The van der Waals surface area contributed by atoms with Crippen LogP contribution in [0, 0.1) is 17.1 Å². The first kappa shape index (κ1) is 17.0. The number of nitrogens with one attached hydrogen (secondary N) is 1. The Balaban J connectivity index is 1.76. The fourth-order valence-corrected chi connectivity index (χ4v) is 1.68. The van der Waals surface area contributed by atoms with E-state index in [4.69, 9.17) is 14.7 Å². The molecule has 0 bridgehead atoms. The first-order valence-corrected chi connectivity index (χ1v) is 6.97. The Labute approximate surface area is 138 Å². The molecule has 0 saturated carbocycles. The summed E-state index contributed by atoms with van der Waals surface area (Å²) in [6, 6.07) is 14.2. The molecule has 1 amide bonds. The van der Waals surface area contributed by atoms with E-state index in [0.717, 1.165) is 5.56 Å². The van der Waals surface area contributed by atoms with Crippen molar-refractivity contribution in [3.63, 3.8) is 0 Å². The van der Waals surface area contributed by atoms with Crippen molar-refractivity contribution in [3.8, 4) is 17.6 Å². The van der Waals surface area contributed by atoms with E-state index in [9.17, 15) is 9.18 Å². The Bertz CT molecular complexity index is 754. The third kappa shape index (κ3) is 5.77. The van der Waals surface area contributed by atoms with Crippen LogP contribution in [0.1, 0.15) is 5.56 Å². The molecule has 0 fully saturated rings. The van der Waals surface area contributed by atoms with Gasteiger partial charge in [-0.05, 0) is 42.0 Å². The van der Waals surface area contributed by atoms with E-state index in [2.05, 4.69) is 10.5 Å². The maximum atomic E-state index is 13.0. The van der Waals surface area contributed by atoms with Gasteiger partial charge >= 0.3 is 0 Å². The minimum Gasteiger partial charge on any atom is -0.484 e. The van der Waals surface area contributed by atoms with Gasteiger partial charge in [-0.25, -0.2) is 9.82 Å². The zero-order valence-electron chi connectivity index (χ0n) is 12.6. The predicted octanol–water partition coefficient (Wildman–Crippen LogP) is 2.26. The van der Waals surface area contributed by atoms with Crippen molar-refractivity contribution in [2.24, 2.45) is 5.10 Å². The summed E-state index contributed by atoms with van der Waals surface area (Å²) in [6.07, 6.45) is 1.45. The van der Waals surface area contributed by atoms with E-state index in [0.29, 0.717) is 5.75 Å². The molecule has 2 aromatic rings. The lowest BCUT2D eigenvalue weighted by Crippen LogP contribution is -2.24. The van der Waals surface area contributed by atoms with Crippen LogP contribution >= 0.6 is 0 Å². The highest BCUT2D eigenvalue weighted by molar-refractivity contribution is 5.83. The molecule has 0 heterocycles. The summed E-state index contributed by atoms with van der Waals surface area (Å²) >= 11 is 0. The Morgan fingerprint density at radius 3 is 2.71 bits per heavy atom. The number of nitriles is 1. The van der Waals surface area contributed by atoms with Crippen molar-refractivity contribution < 1.29 is 18.7 Å². The number of nitrogens with zero attached hydrogens (tertiary/aromatic N) is 2. The van der Waals surface area contributed by atoms with Crippen molar-refractivity contribution >= 4 is 12.1 Å². The molecule has 7 heteroatoms. The molecular weight excluding hydrogens is 313 g/mol. The fraction of sp³-hybridized carbons (Fsp3) is 0.118. The van der Waals surface area contributed by atoms with E-state index < -0.39 is 11.7 Å². The molecule has 0 atom stereocenters. The summed E-state index contributed by atoms with van der Waals surface area (Å²) in [5.74, 6) is -0.0686. The van der Waals surface area contributed by atoms with Crippen LogP contribution in [0.4, 0.5) is 4.39 Å². The van der Waals surface area contributed by atoms with Crippen LogP contribution in [0.5, 0.6) is 11.5 Å². The number of benzene rings is 2. The van der Waals surface area contributed by atoms with E-state index in [1.54, 1.807) is 30.3 Å². The monoisotopic (exact) mass is 327 g/mol. The molecule has 1 N–H and O–H groups in total. The van der Waals surface area contributed by atoms with Crippen LogP contribution in [-0.4, -0.2) is 25.3 Å². The number of halogens is 1. The molecule has 0 unspecified atom stereocenters. The lowest BCUT2D eigenvalue weighted by molar-refractivity contribution is -0.123. The van der Waals surface area contributed by atoms with Gasteiger partial charge < -0.3 is 9.47 Å². The fourth-order valence-electron chi connectivity index (χ4n) is 1.68. The van der Waals surface area contributed by atoms with Crippen molar-refractivity contribution in [1.29, 1.82) is 5.26 Å². The molecule has 0 aromatic heterocycles. The normalized spacial score (nSPS) is 10.2. The maximum Gasteiger partial charge on any atom is 0.277 e. The van der Waals surface area contributed by atoms with Crippen molar-refractivity contribution in [1.82, 2.24) is 5.43 Å². The highest BCUT2D eigenvalue weighted by atomic mass is 19.1. The Morgan fingerprint density at radius 1 is 1.21 bits per heavy atom. The van der Waals surface area contributed by atoms with Gasteiger partial charge in [0.1, 0.15) is 23.4 Å². The standard InChI is InChI=1S/C17H14FN3O3/c18-14-2-1-3-16(10-14)24-12-17(22)21-20-11-13-4-6-15(7-5-13)23-9-8-19/h1-7,10-11H,9,12H2,(H,21,22)/b20-11-. The van der Waals surface area contributed by atoms with E-state index in [1.165, 1.54) is 24.4 Å². The van der Waals surface area contributed by atoms with Gasteiger partial charge in [0.05, 0.1) is 6.21 Å². The van der Waals surface area contributed by atoms with Crippen LogP contribution in [0.25, 0.3) is 0 Å². The number of ether oxygens (including phenoxy) is 2. The van der Waals surface area contributed by atoms with Gasteiger partial charge in [0.25, 0.3) is 5.91 Å². The third-order valence-electron chi connectivity index (χ3n) is 2.75. The van der Waals surface area contributed by atoms with Crippen molar-refractivity contribution in [3.05, 3.63) is 59.9 Å². The highest BCUT2D eigenvalue weighted by Crippen LogP contribution is 2.12. The summed E-state index contributed by atoms with van der Waals surface area (Å²) in [6.45, 7) is -0.295. The van der Waals surface area contributed by atoms with Gasteiger partial charge in [-0.3, -0.25) is 4.79 Å². The second kappa shape index (κ2) is 8.90. The summed E-state index contributed by atoms with van der Waals surface area (Å²) < 4.78 is 23.2. The minimum absolute atomic E-state index is 0.0190. The molecule has 24 heavy (non-hydrogen) atoms. The van der Waals surface area contributed by atoms with Crippen molar-refractivity contribution in [2.45, 2.75) is 0 Å². The molecular formula is C17H14FN3O3. The summed E-state index contributed by atoms with van der Waals surface area (Å²) in [4.78, 5) is 11.6. The Morgan fingerprint density at radius 2 is 2.00 bits per heavy atom. The predicted molar refractivity (Wildman–Crippen MR) is 85.2 cm³/mol. The van der Waals surface area contributed by atoms with E-state index in [1.807, 2.05) is 6.07 Å². The molecule has 0 saturated heterocycles. The van der Waals surface area contributed by atoms with Crippen LogP contribution in [0.2, 0.25) is 0 Å². The van der Waals surface area contributed by atoms with Gasteiger partial charge in [0, 0.05) is 6.07 Å². The second-order valence-corrected chi connectivity index (χ2v) is 4.56. The molecule has 0 radical (unpaired) electrons. The van der Waals surface area contributed by atoms with Crippen LogP contribution < -0.4 is 14.9 Å². The van der Waals surface area contributed by atoms with E-state index >= 15 is 0 Å². The number of hydrazone groups is 1. The molecule has 2 rings (SSSR count). The number of carbonyl (C=O) groups excluding carboxylic acids is 1. The van der Waals surface area contributed by atoms with Crippen molar-refractivity contribution in [2.75, 3.05) is 13.2 Å². The zero-order valence-corrected chi connectivity index (χ0v) is 12.6. The second-order valence-electron chi connectivity index (χ2n) is 4.56. The average Bonchev–Trinajstić information content (AvgIpc) is 2.59. The summed E-state index contributed by atoms with van der Waals surface area (Å²) in [5.41, 5.74) is 3.04. The first-order chi connectivity index (χ1) is 11.7. The Hall–Kier alpha value is -3.40. The average molecular weight is 327 g/mol. The topological polar surface area (TPSA) is 83.7 Å². The molecule has 2 aromatic carbocycles. The van der Waals surface area contributed by atoms with E-state index in [-0.39, 0.29) is 19.0 Å². The maximum absolute atomic E-state index is 13.0. The van der Waals surface area contributed by atoms with Crippen LogP contribution in [0.3, 0.4) is 0 Å². The van der Waals surface area contributed by atoms with Gasteiger partial charge in [0.2, 0.25) is 0 Å². The lowest BCUT2D eigenvalue weighted by Gasteiger charge is -2.04. The quantitative estimate of drug-likeness (QED) is 0.624. The minimum atomic E-state index is -0.468. The molecule has 0 aliphatic carbocycles. The lowest BCUT2D eigenvalue weighted by atomic mass is 10.2. The number of hydrogen-bond acceptors (Lipinski definition) is 5. The SMILES string of the molecule is N#CCOc1ccc(/C=N\NC(=O)COc2cccc(F)c2)cc1. The van der Waals surface area contributed by atoms with Crippen LogP contribution in [0.15, 0.2) is 53.6 Å². The van der Waals surface area contributed by atoms with Gasteiger partial charge in [0.15, 0.2) is 13.2 Å². The van der Waals surface area contributed by atoms with Gasteiger partial charge in [-0.2, -0.15) is 10.4 Å². The molecule has 6 nitrogen and oxygen atoms in total. The molecule has 122 valence electrons. The van der Waals surface area contributed by atoms with Gasteiger partial charge in [-0.15, -0.1) is 0 Å². The molecule has 0 spiro atoms. The number of amides is 1. The summed E-state index contributed by atoms with van der Waals surface area (Å²) in [7, 11) is 0. The first-order valence-electron chi connectivity index (χ1n) is 6.97. The summed E-state index contributed by atoms with van der Waals surface area (Å²) in [5, 5.41) is 12.2. The van der Waals surface area contributed by atoms with Gasteiger partial charge in [-0.1, -0.05) is 6.07 Å². The molecule has 0 aliphatic rings. The Kier molecular flexibility index (Phi) is 6.29. The number of hydrogen-bond donors (Lipinski definition) is 1. The smallest absolute Gasteiger partial charge is 0.277 e. The number of carbonyl (C=O) groups is 1. The molecule has 0 aliphatic heterocycles. The third-order valence-corrected chi connectivity index (χ3v) is 2.75. The van der Waals surface area contributed by atoms with Crippen LogP contribution in [-0.2, 0) is 4.79 Å². The zero-order chi connectivity index (χ0) is 17.2.